The fraction of sp³-hybridized carbons (Fsp3) is 0.235. The molecule has 3 aromatic rings. The van der Waals surface area contributed by atoms with E-state index in [1.54, 1.807) is 31.7 Å². The van der Waals surface area contributed by atoms with E-state index in [1.165, 1.54) is 4.68 Å². The molecular weight excluding hydrogens is 340 g/mol. The van der Waals surface area contributed by atoms with Gasteiger partial charge in [-0.05, 0) is 62.0 Å². The zero-order chi connectivity index (χ0) is 17.8. The van der Waals surface area contributed by atoms with Crippen molar-refractivity contribution >= 4 is 18.4 Å². The van der Waals surface area contributed by atoms with Crippen LogP contribution in [0.25, 0.3) is 11.6 Å². The van der Waals surface area contributed by atoms with E-state index in [2.05, 4.69) is 15.3 Å². The van der Waals surface area contributed by atoms with E-state index in [-0.39, 0.29) is 6.10 Å². The normalized spacial score (nSPS) is 11.4. The van der Waals surface area contributed by atoms with E-state index in [4.69, 9.17) is 26.1 Å². The Labute approximate surface area is 149 Å². The summed E-state index contributed by atoms with van der Waals surface area (Å²) in [6, 6.07) is 9.15. The third-order valence-corrected chi connectivity index (χ3v) is 3.53. The molecule has 0 atom stereocenters. The van der Waals surface area contributed by atoms with Crippen LogP contribution in [-0.2, 0) is 0 Å². The van der Waals surface area contributed by atoms with Gasteiger partial charge in [0.25, 0.3) is 0 Å². The topological polar surface area (TPSA) is 77.6 Å². The summed E-state index contributed by atoms with van der Waals surface area (Å²) in [7, 11) is 1.60. The summed E-state index contributed by atoms with van der Waals surface area (Å²) in [6.07, 6.45) is 3.30. The predicted molar refractivity (Wildman–Crippen MR) is 96.9 cm³/mol. The minimum atomic E-state index is 0.0635. The minimum absolute atomic E-state index is 0.0635. The fourth-order valence-corrected chi connectivity index (χ4v) is 2.38. The van der Waals surface area contributed by atoms with Crippen LogP contribution in [0, 0.1) is 4.77 Å². The van der Waals surface area contributed by atoms with Crippen LogP contribution in [0.5, 0.6) is 11.5 Å². The summed E-state index contributed by atoms with van der Waals surface area (Å²) in [5.74, 6) is 2.39. The van der Waals surface area contributed by atoms with Crippen molar-refractivity contribution in [1.82, 2.24) is 14.9 Å². The average Bonchev–Trinajstić information content (AvgIpc) is 3.23. The molecule has 0 bridgehead atoms. The lowest BCUT2D eigenvalue weighted by molar-refractivity contribution is 0.230. The number of hydrogen-bond acceptors (Lipinski definition) is 6. The molecule has 2 heterocycles. The van der Waals surface area contributed by atoms with Gasteiger partial charge < -0.3 is 13.9 Å². The lowest BCUT2D eigenvalue weighted by atomic mass is 10.2. The molecule has 0 saturated carbocycles. The Morgan fingerprint density at radius 2 is 2.16 bits per heavy atom. The highest BCUT2D eigenvalue weighted by Gasteiger charge is 2.11. The first-order valence-corrected chi connectivity index (χ1v) is 8.09. The Morgan fingerprint density at radius 1 is 1.32 bits per heavy atom. The zero-order valence-electron chi connectivity index (χ0n) is 14.1. The van der Waals surface area contributed by atoms with Crippen molar-refractivity contribution in [3.05, 3.63) is 46.9 Å². The maximum absolute atomic E-state index is 5.71. The number of hydrogen-bond donors (Lipinski definition) is 1. The quantitative estimate of drug-likeness (QED) is 0.534. The second-order valence-corrected chi connectivity index (χ2v) is 5.85. The van der Waals surface area contributed by atoms with E-state index in [9.17, 15) is 0 Å². The predicted octanol–water partition coefficient (Wildman–Crippen LogP) is 3.88. The first-order chi connectivity index (χ1) is 12.1. The van der Waals surface area contributed by atoms with E-state index >= 15 is 0 Å². The summed E-state index contributed by atoms with van der Waals surface area (Å²) in [5, 5.41) is 11.3. The first-order valence-electron chi connectivity index (χ1n) is 7.69. The second-order valence-electron chi connectivity index (χ2n) is 5.46. The number of aromatic amines is 1. The molecule has 0 spiro atoms. The molecule has 0 unspecified atom stereocenters. The molecule has 0 aliphatic rings. The van der Waals surface area contributed by atoms with E-state index in [1.807, 2.05) is 32.0 Å². The monoisotopic (exact) mass is 358 g/mol. The van der Waals surface area contributed by atoms with Crippen LogP contribution in [-0.4, -0.2) is 34.3 Å². The Kier molecular flexibility index (Phi) is 4.99. The Hall–Kier alpha value is -2.87. The highest BCUT2D eigenvalue weighted by molar-refractivity contribution is 7.71. The number of methoxy groups -OCH3 is 1. The van der Waals surface area contributed by atoms with Gasteiger partial charge in [0.1, 0.15) is 0 Å². The van der Waals surface area contributed by atoms with E-state index < -0.39 is 0 Å². The fourth-order valence-electron chi connectivity index (χ4n) is 2.20. The van der Waals surface area contributed by atoms with Crippen LogP contribution in [0.4, 0.5) is 0 Å². The summed E-state index contributed by atoms with van der Waals surface area (Å²) in [6.45, 7) is 3.93. The van der Waals surface area contributed by atoms with Crippen LogP contribution in [0.1, 0.15) is 19.4 Å². The Balaban J connectivity index is 1.91. The molecule has 7 nitrogen and oxygen atoms in total. The molecule has 130 valence electrons. The summed E-state index contributed by atoms with van der Waals surface area (Å²) >= 11 is 5.22. The van der Waals surface area contributed by atoms with Gasteiger partial charge in [0.2, 0.25) is 10.6 Å². The van der Waals surface area contributed by atoms with E-state index in [0.717, 1.165) is 5.56 Å². The van der Waals surface area contributed by atoms with Gasteiger partial charge >= 0.3 is 0 Å². The maximum atomic E-state index is 5.71. The summed E-state index contributed by atoms with van der Waals surface area (Å²) in [5.41, 5.74) is 0.835. The lowest BCUT2D eigenvalue weighted by Crippen LogP contribution is -2.06. The third-order valence-electron chi connectivity index (χ3n) is 3.26. The molecule has 3 rings (SSSR count). The molecule has 0 aliphatic carbocycles. The lowest BCUT2D eigenvalue weighted by Gasteiger charge is -2.13. The molecule has 1 aromatic carbocycles. The number of furan rings is 1. The van der Waals surface area contributed by atoms with Crippen LogP contribution in [0.2, 0.25) is 0 Å². The molecule has 0 amide bonds. The minimum Gasteiger partial charge on any atom is -0.493 e. The summed E-state index contributed by atoms with van der Waals surface area (Å²) < 4.78 is 18.3. The largest absolute Gasteiger partial charge is 0.493 e. The van der Waals surface area contributed by atoms with Crippen molar-refractivity contribution in [2.24, 2.45) is 5.10 Å². The number of ether oxygens (including phenoxy) is 2. The van der Waals surface area contributed by atoms with E-state index in [0.29, 0.717) is 27.9 Å². The molecule has 0 aliphatic heterocycles. The van der Waals surface area contributed by atoms with Crippen molar-refractivity contribution in [2.75, 3.05) is 7.11 Å². The third kappa shape index (κ3) is 3.80. The second kappa shape index (κ2) is 7.35. The SMILES string of the molecule is COc1cc(/C=N\n2c(-c3ccco3)n[nH]c2=S)ccc1OC(C)C. The molecule has 2 aromatic heterocycles. The Bertz CT molecular complexity index is 926. The van der Waals surface area contributed by atoms with Crippen LogP contribution < -0.4 is 9.47 Å². The van der Waals surface area contributed by atoms with Gasteiger partial charge in [0.15, 0.2) is 17.3 Å². The number of aromatic nitrogens is 3. The van der Waals surface area contributed by atoms with Crippen LogP contribution in [0.15, 0.2) is 46.1 Å². The van der Waals surface area contributed by atoms with Crippen LogP contribution >= 0.6 is 12.2 Å². The highest BCUT2D eigenvalue weighted by Crippen LogP contribution is 2.28. The number of nitrogens with zero attached hydrogens (tertiary/aromatic N) is 3. The van der Waals surface area contributed by atoms with Crippen molar-refractivity contribution < 1.29 is 13.9 Å². The van der Waals surface area contributed by atoms with Crippen molar-refractivity contribution in [3.8, 4) is 23.1 Å². The van der Waals surface area contributed by atoms with Crippen LogP contribution in [0.3, 0.4) is 0 Å². The van der Waals surface area contributed by atoms with Crippen molar-refractivity contribution in [1.29, 1.82) is 0 Å². The number of nitrogens with one attached hydrogen (secondary N) is 1. The maximum Gasteiger partial charge on any atom is 0.219 e. The number of benzene rings is 1. The molecule has 25 heavy (non-hydrogen) atoms. The molecule has 8 heteroatoms. The number of rotatable bonds is 6. The molecule has 0 fully saturated rings. The van der Waals surface area contributed by atoms with Gasteiger partial charge in [0.05, 0.1) is 25.7 Å². The molecule has 0 radical (unpaired) electrons. The smallest absolute Gasteiger partial charge is 0.219 e. The van der Waals surface area contributed by atoms with Gasteiger partial charge in [-0.15, -0.1) is 5.10 Å². The number of H-pyrrole nitrogens is 1. The standard InChI is InChI=1S/C17H18N4O3S/c1-11(2)24-13-7-6-12(9-15(13)22-3)10-18-21-16(19-20-17(21)25)14-5-4-8-23-14/h4-11H,1-3H3,(H,20,25)/b18-10-. The Morgan fingerprint density at radius 3 is 2.84 bits per heavy atom. The van der Waals surface area contributed by atoms with Gasteiger partial charge in [-0.1, -0.05) is 0 Å². The first kappa shape index (κ1) is 17.0. The molecular formula is C17H18N4O3S. The van der Waals surface area contributed by atoms with Gasteiger partial charge in [-0.3, -0.25) is 0 Å². The highest BCUT2D eigenvalue weighted by atomic mass is 32.1. The zero-order valence-corrected chi connectivity index (χ0v) is 14.9. The molecule has 0 saturated heterocycles. The average molecular weight is 358 g/mol. The van der Waals surface area contributed by atoms with Gasteiger partial charge in [0, 0.05) is 0 Å². The van der Waals surface area contributed by atoms with Gasteiger partial charge in [-0.2, -0.15) is 9.78 Å². The van der Waals surface area contributed by atoms with Crippen molar-refractivity contribution in [3.63, 3.8) is 0 Å². The molecule has 1 N–H and O–H groups in total. The summed E-state index contributed by atoms with van der Waals surface area (Å²) in [4.78, 5) is 0. The van der Waals surface area contributed by atoms with Gasteiger partial charge in [-0.25, -0.2) is 5.10 Å². The van der Waals surface area contributed by atoms with Crippen molar-refractivity contribution in [2.45, 2.75) is 20.0 Å².